The molecule has 15 heavy (non-hydrogen) atoms. The molecule has 0 spiro atoms. The number of aromatic nitrogens is 1. The van der Waals surface area contributed by atoms with Crippen molar-refractivity contribution in [3.8, 4) is 0 Å². The van der Waals surface area contributed by atoms with Crippen LogP contribution < -0.4 is 5.32 Å². The maximum atomic E-state index is 4.35. The molecule has 0 aliphatic heterocycles. The number of hydrogen-bond donors (Lipinski definition) is 1. The van der Waals surface area contributed by atoms with Crippen molar-refractivity contribution in [2.24, 2.45) is 0 Å². The minimum absolute atomic E-state index is 0.722. The molecule has 1 aromatic heterocycles. The zero-order valence-corrected chi connectivity index (χ0v) is 10.6. The summed E-state index contributed by atoms with van der Waals surface area (Å²) in [5.41, 5.74) is 1.31. The predicted octanol–water partition coefficient (Wildman–Crippen LogP) is 3.55. The SMILES string of the molecule is CCNc1ncccc1CSC(C)CC. The van der Waals surface area contributed by atoms with E-state index in [2.05, 4.69) is 37.1 Å². The van der Waals surface area contributed by atoms with Crippen LogP contribution in [0.2, 0.25) is 0 Å². The summed E-state index contributed by atoms with van der Waals surface area (Å²) in [7, 11) is 0. The normalized spacial score (nSPS) is 12.5. The topological polar surface area (TPSA) is 24.9 Å². The third-order valence-corrected chi connectivity index (χ3v) is 3.71. The molecule has 1 heterocycles. The van der Waals surface area contributed by atoms with Crippen molar-refractivity contribution in [2.75, 3.05) is 11.9 Å². The molecule has 1 atom stereocenters. The quantitative estimate of drug-likeness (QED) is 0.800. The molecule has 0 aliphatic rings. The van der Waals surface area contributed by atoms with E-state index in [0.29, 0.717) is 0 Å². The van der Waals surface area contributed by atoms with E-state index < -0.39 is 0 Å². The fourth-order valence-corrected chi connectivity index (χ4v) is 2.16. The van der Waals surface area contributed by atoms with Crippen molar-refractivity contribution in [3.63, 3.8) is 0 Å². The third-order valence-electron chi connectivity index (χ3n) is 2.33. The van der Waals surface area contributed by atoms with Crippen molar-refractivity contribution in [1.29, 1.82) is 0 Å². The lowest BCUT2D eigenvalue weighted by Gasteiger charge is -2.11. The van der Waals surface area contributed by atoms with Gasteiger partial charge in [0, 0.05) is 29.3 Å². The summed E-state index contributed by atoms with van der Waals surface area (Å²) in [5, 5.41) is 4.02. The molecule has 2 nitrogen and oxygen atoms in total. The number of pyridine rings is 1. The molecule has 0 amide bonds. The highest BCUT2D eigenvalue weighted by Crippen LogP contribution is 2.23. The van der Waals surface area contributed by atoms with Gasteiger partial charge in [-0.3, -0.25) is 0 Å². The Morgan fingerprint density at radius 2 is 2.27 bits per heavy atom. The highest BCUT2D eigenvalue weighted by molar-refractivity contribution is 7.99. The Labute approximate surface area is 96.9 Å². The predicted molar refractivity (Wildman–Crippen MR) is 69.4 cm³/mol. The molecule has 3 heteroatoms. The van der Waals surface area contributed by atoms with Gasteiger partial charge in [0.2, 0.25) is 0 Å². The molecule has 1 N–H and O–H groups in total. The lowest BCUT2D eigenvalue weighted by atomic mass is 10.3. The summed E-state index contributed by atoms with van der Waals surface area (Å²) in [6.45, 7) is 7.53. The van der Waals surface area contributed by atoms with Gasteiger partial charge in [-0.15, -0.1) is 0 Å². The fraction of sp³-hybridized carbons (Fsp3) is 0.583. The lowest BCUT2D eigenvalue weighted by Crippen LogP contribution is -2.03. The van der Waals surface area contributed by atoms with Crippen LogP contribution in [-0.4, -0.2) is 16.8 Å². The van der Waals surface area contributed by atoms with Crippen LogP contribution in [0, 0.1) is 0 Å². The van der Waals surface area contributed by atoms with Gasteiger partial charge in [-0.1, -0.05) is 19.9 Å². The van der Waals surface area contributed by atoms with Gasteiger partial charge < -0.3 is 5.32 Å². The van der Waals surface area contributed by atoms with Crippen LogP contribution in [0.25, 0.3) is 0 Å². The number of nitrogens with zero attached hydrogens (tertiary/aromatic N) is 1. The Morgan fingerprint density at radius 1 is 1.47 bits per heavy atom. The van der Waals surface area contributed by atoms with Gasteiger partial charge in [0.05, 0.1) is 0 Å². The molecule has 1 rings (SSSR count). The van der Waals surface area contributed by atoms with Gasteiger partial charge >= 0.3 is 0 Å². The molecular weight excluding hydrogens is 204 g/mol. The summed E-state index contributed by atoms with van der Waals surface area (Å²) >= 11 is 1.99. The second-order valence-corrected chi connectivity index (χ2v) is 5.00. The van der Waals surface area contributed by atoms with Crippen molar-refractivity contribution in [3.05, 3.63) is 23.9 Å². The van der Waals surface area contributed by atoms with E-state index in [0.717, 1.165) is 23.4 Å². The van der Waals surface area contributed by atoms with Crippen LogP contribution >= 0.6 is 11.8 Å². The summed E-state index contributed by atoms with van der Waals surface area (Å²) < 4.78 is 0. The first-order valence-corrected chi connectivity index (χ1v) is 6.62. The molecule has 0 radical (unpaired) electrons. The number of anilines is 1. The minimum Gasteiger partial charge on any atom is -0.370 e. The van der Waals surface area contributed by atoms with E-state index in [4.69, 9.17) is 0 Å². The summed E-state index contributed by atoms with van der Waals surface area (Å²) in [4.78, 5) is 4.35. The number of rotatable bonds is 6. The zero-order chi connectivity index (χ0) is 11.1. The average molecular weight is 224 g/mol. The Morgan fingerprint density at radius 3 is 2.93 bits per heavy atom. The summed E-state index contributed by atoms with van der Waals surface area (Å²) in [6.07, 6.45) is 3.07. The first-order valence-electron chi connectivity index (χ1n) is 5.57. The molecule has 84 valence electrons. The van der Waals surface area contributed by atoms with E-state index in [9.17, 15) is 0 Å². The smallest absolute Gasteiger partial charge is 0.129 e. The molecule has 1 aromatic rings. The van der Waals surface area contributed by atoms with E-state index in [1.807, 2.05) is 24.0 Å². The first-order chi connectivity index (χ1) is 7.27. The maximum Gasteiger partial charge on any atom is 0.129 e. The molecule has 0 fully saturated rings. The number of nitrogens with one attached hydrogen (secondary N) is 1. The van der Waals surface area contributed by atoms with Crippen molar-refractivity contribution in [1.82, 2.24) is 4.98 Å². The third kappa shape index (κ3) is 4.12. The summed E-state index contributed by atoms with van der Waals surface area (Å²) in [6, 6.07) is 4.16. The molecule has 0 saturated heterocycles. The standard InChI is InChI=1S/C12H20N2S/c1-4-10(3)15-9-11-7-6-8-14-12(11)13-5-2/h6-8,10H,4-5,9H2,1-3H3,(H,13,14). The molecule has 0 bridgehead atoms. The van der Waals surface area contributed by atoms with E-state index in [-0.39, 0.29) is 0 Å². The van der Waals surface area contributed by atoms with E-state index in [1.54, 1.807) is 0 Å². The highest BCUT2D eigenvalue weighted by atomic mass is 32.2. The van der Waals surface area contributed by atoms with Crippen molar-refractivity contribution >= 4 is 17.6 Å². The lowest BCUT2D eigenvalue weighted by molar-refractivity contribution is 0.905. The van der Waals surface area contributed by atoms with Gasteiger partial charge in [0.25, 0.3) is 0 Å². The van der Waals surface area contributed by atoms with Crippen LogP contribution in [0.1, 0.15) is 32.8 Å². The average Bonchev–Trinajstić information content (AvgIpc) is 2.28. The highest BCUT2D eigenvalue weighted by Gasteiger charge is 2.04. The second-order valence-electron chi connectivity index (χ2n) is 3.57. The molecular formula is C12H20N2S. The van der Waals surface area contributed by atoms with Crippen LogP contribution in [0.5, 0.6) is 0 Å². The van der Waals surface area contributed by atoms with E-state index in [1.165, 1.54) is 12.0 Å². The Bertz CT molecular complexity index is 289. The first kappa shape index (κ1) is 12.4. The van der Waals surface area contributed by atoms with Crippen LogP contribution in [0.3, 0.4) is 0 Å². The fourth-order valence-electron chi connectivity index (χ4n) is 1.23. The van der Waals surface area contributed by atoms with Gasteiger partial charge in [-0.25, -0.2) is 4.98 Å². The van der Waals surface area contributed by atoms with Crippen molar-refractivity contribution < 1.29 is 0 Å². The number of thioether (sulfide) groups is 1. The van der Waals surface area contributed by atoms with Gasteiger partial charge in [-0.2, -0.15) is 11.8 Å². The largest absolute Gasteiger partial charge is 0.370 e. The van der Waals surface area contributed by atoms with E-state index >= 15 is 0 Å². The second kappa shape index (κ2) is 6.72. The van der Waals surface area contributed by atoms with Gasteiger partial charge in [0.1, 0.15) is 5.82 Å². The van der Waals surface area contributed by atoms with Crippen LogP contribution in [0.15, 0.2) is 18.3 Å². The Balaban J connectivity index is 2.58. The van der Waals surface area contributed by atoms with Crippen LogP contribution in [0.4, 0.5) is 5.82 Å². The van der Waals surface area contributed by atoms with Crippen LogP contribution in [-0.2, 0) is 5.75 Å². The molecule has 0 aliphatic carbocycles. The summed E-state index contributed by atoms with van der Waals surface area (Å²) in [5.74, 6) is 2.08. The van der Waals surface area contributed by atoms with Crippen molar-refractivity contribution in [2.45, 2.75) is 38.2 Å². The zero-order valence-electron chi connectivity index (χ0n) is 9.79. The van der Waals surface area contributed by atoms with Gasteiger partial charge in [0.15, 0.2) is 0 Å². The maximum absolute atomic E-state index is 4.35. The Hall–Kier alpha value is -0.700. The Kier molecular flexibility index (Phi) is 5.54. The van der Waals surface area contributed by atoms with Gasteiger partial charge in [-0.05, 0) is 19.4 Å². The number of hydrogen-bond acceptors (Lipinski definition) is 3. The monoisotopic (exact) mass is 224 g/mol. The molecule has 1 unspecified atom stereocenters. The molecule has 0 aromatic carbocycles. The molecule has 0 saturated carbocycles. The minimum atomic E-state index is 0.722.